The van der Waals surface area contributed by atoms with Crippen LogP contribution in [0.15, 0.2) is 0 Å². The van der Waals surface area contributed by atoms with Gasteiger partial charge in [-0.05, 0) is 26.2 Å². The summed E-state index contributed by atoms with van der Waals surface area (Å²) in [7, 11) is 1.42. The number of nitrogens with zero attached hydrogens (tertiary/aromatic N) is 1. The second kappa shape index (κ2) is 6.18. The zero-order valence-electron chi connectivity index (χ0n) is 11.8. The summed E-state index contributed by atoms with van der Waals surface area (Å²) >= 11 is 0. The van der Waals surface area contributed by atoms with Crippen molar-refractivity contribution in [3.05, 3.63) is 0 Å². The molecule has 5 nitrogen and oxygen atoms in total. The molecule has 1 heterocycles. The first-order valence-corrected chi connectivity index (χ1v) is 6.57. The number of carbonyl (C=O) groups is 2. The molecule has 1 fully saturated rings. The molecule has 1 rings (SSSR count). The van der Waals surface area contributed by atoms with Crippen molar-refractivity contribution in [3.8, 4) is 0 Å². The normalized spacial score (nSPS) is 20.3. The molecule has 1 atom stereocenters. The third-order valence-electron chi connectivity index (χ3n) is 3.77. The number of hydrogen-bond acceptors (Lipinski definition) is 4. The molecule has 1 N–H and O–H groups in total. The molecule has 1 aliphatic rings. The third kappa shape index (κ3) is 3.22. The van der Waals surface area contributed by atoms with Gasteiger partial charge in [-0.25, -0.2) is 0 Å². The molecule has 0 aromatic rings. The summed E-state index contributed by atoms with van der Waals surface area (Å²) in [5.41, 5.74) is -0.629. The fraction of sp³-hybridized carbons (Fsp3) is 0.846. The SMILES string of the molecule is CCC(C)NC1(C(=O)OC)CCN(C(C)=O)CC1. The summed E-state index contributed by atoms with van der Waals surface area (Å²) in [6.45, 7) is 6.91. The first-order valence-electron chi connectivity index (χ1n) is 6.57. The highest BCUT2D eigenvalue weighted by Crippen LogP contribution is 2.25. The van der Waals surface area contributed by atoms with Crippen molar-refractivity contribution in [2.45, 2.75) is 51.6 Å². The Bertz CT molecular complexity index is 309. The number of piperidine rings is 1. The van der Waals surface area contributed by atoms with E-state index >= 15 is 0 Å². The van der Waals surface area contributed by atoms with Gasteiger partial charge in [-0.2, -0.15) is 0 Å². The van der Waals surface area contributed by atoms with E-state index in [1.165, 1.54) is 7.11 Å². The van der Waals surface area contributed by atoms with Gasteiger partial charge in [-0.1, -0.05) is 6.92 Å². The molecule has 104 valence electrons. The number of ether oxygens (including phenoxy) is 1. The lowest BCUT2D eigenvalue weighted by atomic mass is 9.86. The summed E-state index contributed by atoms with van der Waals surface area (Å²) in [6.07, 6.45) is 2.18. The largest absolute Gasteiger partial charge is 0.468 e. The molecular weight excluding hydrogens is 232 g/mol. The number of amides is 1. The van der Waals surface area contributed by atoms with E-state index in [0.717, 1.165) is 6.42 Å². The minimum atomic E-state index is -0.629. The van der Waals surface area contributed by atoms with Gasteiger partial charge in [0.05, 0.1) is 7.11 Å². The maximum atomic E-state index is 12.0. The average molecular weight is 256 g/mol. The van der Waals surface area contributed by atoms with Crippen molar-refractivity contribution in [2.24, 2.45) is 0 Å². The highest BCUT2D eigenvalue weighted by Gasteiger charge is 2.43. The summed E-state index contributed by atoms with van der Waals surface area (Å²) in [6, 6.07) is 0.257. The second-order valence-electron chi connectivity index (χ2n) is 5.03. The highest BCUT2D eigenvalue weighted by molar-refractivity contribution is 5.81. The van der Waals surface area contributed by atoms with Gasteiger partial charge in [0.1, 0.15) is 5.54 Å². The number of esters is 1. The lowest BCUT2D eigenvalue weighted by molar-refractivity contribution is -0.153. The fourth-order valence-electron chi connectivity index (χ4n) is 2.38. The molecule has 0 bridgehead atoms. The summed E-state index contributed by atoms with van der Waals surface area (Å²) < 4.78 is 4.93. The maximum absolute atomic E-state index is 12.0. The van der Waals surface area contributed by atoms with Crippen LogP contribution in [0.5, 0.6) is 0 Å². The average Bonchev–Trinajstić information content (AvgIpc) is 2.38. The van der Waals surface area contributed by atoms with E-state index in [-0.39, 0.29) is 17.9 Å². The summed E-state index contributed by atoms with van der Waals surface area (Å²) in [5.74, 6) is -0.150. The van der Waals surface area contributed by atoms with Gasteiger partial charge >= 0.3 is 5.97 Å². The lowest BCUT2D eigenvalue weighted by Gasteiger charge is -2.41. The van der Waals surface area contributed by atoms with Gasteiger partial charge in [-0.15, -0.1) is 0 Å². The zero-order chi connectivity index (χ0) is 13.8. The van der Waals surface area contributed by atoms with Crippen molar-refractivity contribution in [1.29, 1.82) is 0 Å². The molecule has 1 saturated heterocycles. The Hall–Kier alpha value is -1.10. The molecule has 1 unspecified atom stereocenters. The van der Waals surface area contributed by atoms with Crippen LogP contribution >= 0.6 is 0 Å². The van der Waals surface area contributed by atoms with Crippen molar-refractivity contribution in [2.75, 3.05) is 20.2 Å². The van der Waals surface area contributed by atoms with E-state index in [4.69, 9.17) is 4.74 Å². The van der Waals surface area contributed by atoms with Crippen LogP contribution in [0.2, 0.25) is 0 Å². The van der Waals surface area contributed by atoms with E-state index in [0.29, 0.717) is 25.9 Å². The molecule has 0 saturated carbocycles. The molecule has 0 aliphatic carbocycles. The quantitative estimate of drug-likeness (QED) is 0.760. The number of rotatable bonds is 4. The Morgan fingerprint density at radius 2 is 1.94 bits per heavy atom. The Morgan fingerprint density at radius 1 is 1.39 bits per heavy atom. The fourth-order valence-corrected chi connectivity index (χ4v) is 2.38. The first-order chi connectivity index (χ1) is 8.45. The lowest BCUT2D eigenvalue weighted by Crippen LogP contribution is -2.61. The molecule has 0 aromatic heterocycles. The van der Waals surface area contributed by atoms with Gasteiger partial charge < -0.3 is 9.64 Å². The Balaban J connectivity index is 2.76. The monoisotopic (exact) mass is 256 g/mol. The van der Waals surface area contributed by atoms with E-state index in [9.17, 15) is 9.59 Å². The van der Waals surface area contributed by atoms with Crippen LogP contribution in [-0.4, -0.2) is 48.6 Å². The van der Waals surface area contributed by atoms with Crippen LogP contribution in [0.25, 0.3) is 0 Å². The number of hydrogen-bond donors (Lipinski definition) is 1. The maximum Gasteiger partial charge on any atom is 0.326 e. The standard InChI is InChI=1S/C13H24N2O3/c1-5-10(2)14-13(12(17)18-4)6-8-15(9-7-13)11(3)16/h10,14H,5-9H2,1-4H3. The van der Waals surface area contributed by atoms with Gasteiger partial charge in [0.25, 0.3) is 0 Å². The first kappa shape index (κ1) is 15.0. The van der Waals surface area contributed by atoms with Crippen LogP contribution in [0.4, 0.5) is 0 Å². The molecule has 5 heteroatoms. The predicted molar refractivity (Wildman–Crippen MR) is 69.1 cm³/mol. The Kier molecular flexibility index (Phi) is 5.14. The molecule has 0 aromatic carbocycles. The molecule has 18 heavy (non-hydrogen) atoms. The van der Waals surface area contributed by atoms with Crippen molar-refractivity contribution >= 4 is 11.9 Å². The number of likely N-dealkylation sites (tertiary alicyclic amines) is 1. The topological polar surface area (TPSA) is 58.6 Å². The van der Waals surface area contributed by atoms with Crippen LogP contribution in [-0.2, 0) is 14.3 Å². The molecular formula is C13H24N2O3. The van der Waals surface area contributed by atoms with Gasteiger partial charge in [0.15, 0.2) is 0 Å². The second-order valence-corrected chi connectivity index (χ2v) is 5.03. The molecule has 1 amide bonds. The number of methoxy groups -OCH3 is 1. The van der Waals surface area contributed by atoms with Crippen molar-refractivity contribution in [1.82, 2.24) is 10.2 Å². The molecule has 0 radical (unpaired) electrons. The van der Waals surface area contributed by atoms with Crippen molar-refractivity contribution in [3.63, 3.8) is 0 Å². The summed E-state index contributed by atoms with van der Waals surface area (Å²) in [4.78, 5) is 25.1. The van der Waals surface area contributed by atoms with E-state index in [1.807, 2.05) is 0 Å². The van der Waals surface area contributed by atoms with E-state index < -0.39 is 5.54 Å². The minimum absolute atomic E-state index is 0.0667. The Morgan fingerprint density at radius 3 is 2.33 bits per heavy atom. The Labute approximate surface area is 109 Å². The minimum Gasteiger partial charge on any atom is -0.468 e. The van der Waals surface area contributed by atoms with Crippen LogP contribution in [0.3, 0.4) is 0 Å². The highest BCUT2D eigenvalue weighted by atomic mass is 16.5. The van der Waals surface area contributed by atoms with Crippen molar-refractivity contribution < 1.29 is 14.3 Å². The molecule has 0 spiro atoms. The van der Waals surface area contributed by atoms with Gasteiger partial charge in [-0.3, -0.25) is 14.9 Å². The summed E-state index contributed by atoms with van der Waals surface area (Å²) in [5, 5.41) is 3.38. The van der Waals surface area contributed by atoms with Gasteiger partial charge in [0.2, 0.25) is 5.91 Å². The number of carbonyl (C=O) groups excluding carboxylic acids is 2. The van der Waals surface area contributed by atoms with E-state index in [2.05, 4.69) is 19.2 Å². The predicted octanol–water partition coefficient (Wildman–Crippen LogP) is 0.929. The smallest absolute Gasteiger partial charge is 0.326 e. The van der Waals surface area contributed by atoms with Crippen LogP contribution in [0.1, 0.15) is 40.0 Å². The van der Waals surface area contributed by atoms with Crippen LogP contribution < -0.4 is 5.32 Å². The van der Waals surface area contributed by atoms with Gasteiger partial charge in [0, 0.05) is 26.1 Å². The molecule has 1 aliphatic heterocycles. The van der Waals surface area contributed by atoms with Crippen LogP contribution in [0, 0.1) is 0 Å². The zero-order valence-corrected chi connectivity index (χ0v) is 11.8. The van der Waals surface area contributed by atoms with E-state index in [1.54, 1.807) is 11.8 Å². The number of nitrogens with one attached hydrogen (secondary N) is 1. The third-order valence-corrected chi connectivity index (χ3v) is 3.77.